The van der Waals surface area contributed by atoms with Crippen molar-refractivity contribution in [2.24, 2.45) is 0 Å². The van der Waals surface area contributed by atoms with Crippen molar-refractivity contribution in [3.05, 3.63) is 35.1 Å². The molecule has 1 aromatic rings. The minimum atomic E-state index is -1.04. The van der Waals surface area contributed by atoms with Crippen LogP contribution in [0.15, 0.2) is 18.2 Å². The Morgan fingerprint density at radius 1 is 1.29 bits per heavy atom. The smallest absolute Gasteiger partial charge is 0.129 e. The van der Waals surface area contributed by atoms with Gasteiger partial charge in [0.05, 0.1) is 17.8 Å². The molecule has 0 aliphatic carbocycles. The molecule has 0 amide bonds. The highest BCUT2D eigenvalue weighted by atomic mass is 19.1. The Balaban J connectivity index is 2.02. The van der Waals surface area contributed by atoms with Crippen LogP contribution in [0.1, 0.15) is 36.8 Å². The monoisotopic (exact) mass is 236 g/mol. The minimum absolute atomic E-state index is 0.0951. The molecule has 17 heavy (non-hydrogen) atoms. The third-order valence-corrected chi connectivity index (χ3v) is 4.01. The summed E-state index contributed by atoms with van der Waals surface area (Å²) < 4.78 is 19.7. The Kier molecular flexibility index (Phi) is 2.49. The quantitative estimate of drug-likeness (QED) is 0.812. The number of halogens is 1. The van der Waals surface area contributed by atoms with E-state index in [2.05, 4.69) is 0 Å². The Morgan fingerprint density at radius 2 is 1.94 bits per heavy atom. The molecule has 2 aliphatic heterocycles. The van der Waals surface area contributed by atoms with Gasteiger partial charge < -0.3 is 9.84 Å². The van der Waals surface area contributed by atoms with Crippen LogP contribution in [-0.2, 0) is 10.3 Å². The van der Waals surface area contributed by atoms with Crippen LogP contribution in [-0.4, -0.2) is 17.3 Å². The number of hydrogen-bond donors (Lipinski definition) is 1. The lowest BCUT2D eigenvalue weighted by Gasteiger charge is -2.37. The van der Waals surface area contributed by atoms with E-state index in [4.69, 9.17) is 4.74 Å². The van der Waals surface area contributed by atoms with E-state index in [9.17, 15) is 9.50 Å². The Bertz CT molecular complexity index is 412. The molecule has 3 heteroatoms. The fraction of sp³-hybridized carbons (Fsp3) is 0.571. The largest absolute Gasteiger partial charge is 0.385 e. The molecule has 2 aliphatic rings. The van der Waals surface area contributed by atoms with E-state index in [1.807, 2.05) is 13.0 Å². The number of aryl methyl sites for hydroxylation is 1. The Hall–Kier alpha value is -0.930. The van der Waals surface area contributed by atoms with Gasteiger partial charge in [0, 0.05) is 18.4 Å². The van der Waals surface area contributed by atoms with E-state index >= 15 is 0 Å². The number of fused-ring (bicyclic) bond motifs is 2. The number of benzene rings is 1. The Labute approximate surface area is 100 Å². The maximum Gasteiger partial charge on any atom is 0.129 e. The number of hydrogen-bond acceptors (Lipinski definition) is 2. The lowest BCUT2D eigenvalue weighted by atomic mass is 9.81. The first-order chi connectivity index (χ1) is 8.08. The summed E-state index contributed by atoms with van der Waals surface area (Å²) in [6.45, 7) is 1.85. The molecule has 2 nitrogen and oxygen atoms in total. The molecule has 0 radical (unpaired) electrons. The summed E-state index contributed by atoms with van der Waals surface area (Å²) in [6, 6.07) is 4.97. The molecule has 2 atom stereocenters. The van der Waals surface area contributed by atoms with E-state index < -0.39 is 5.60 Å². The first kappa shape index (κ1) is 11.2. The SMILES string of the molecule is Cc1cccc(F)c1C1(O)CC2CCC(C1)O2. The average Bonchev–Trinajstić information content (AvgIpc) is 2.58. The van der Waals surface area contributed by atoms with E-state index in [0.717, 1.165) is 18.4 Å². The van der Waals surface area contributed by atoms with Gasteiger partial charge in [-0.2, -0.15) is 0 Å². The zero-order valence-corrected chi connectivity index (χ0v) is 9.95. The van der Waals surface area contributed by atoms with E-state index in [0.29, 0.717) is 18.4 Å². The standard InChI is InChI=1S/C14H17FO2/c1-9-3-2-4-12(15)13(9)14(16)7-10-5-6-11(8-14)17-10/h2-4,10-11,16H,5-8H2,1H3. The van der Waals surface area contributed by atoms with Crippen LogP contribution >= 0.6 is 0 Å². The summed E-state index contributed by atoms with van der Waals surface area (Å²) in [5.74, 6) is -0.297. The van der Waals surface area contributed by atoms with Crippen molar-refractivity contribution >= 4 is 0 Å². The zero-order chi connectivity index (χ0) is 12.0. The van der Waals surface area contributed by atoms with Crippen molar-refractivity contribution in [3.63, 3.8) is 0 Å². The van der Waals surface area contributed by atoms with Crippen molar-refractivity contribution in [1.29, 1.82) is 0 Å². The van der Waals surface area contributed by atoms with Crippen LogP contribution < -0.4 is 0 Å². The minimum Gasteiger partial charge on any atom is -0.385 e. The first-order valence-corrected chi connectivity index (χ1v) is 6.22. The van der Waals surface area contributed by atoms with Crippen molar-refractivity contribution in [3.8, 4) is 0 Å². The van der Waals surface area contributed by atoms with Gasteiger partial charge in [0.25, 0.3) is 0 Å². The van der Waals surface area contributed by atoms with Crippen LogP contribution in [0.2, 0.25) is 0 Å². The second kappa shape index (κ2) is 3.79. The predicted octanol–water partition coefficient (Wildman–Crippen LogP) is 2.66. The van der Waals surface area contributed by atoms with Crippen LogP contribution in [0.4, 0.5) is 4.39 Å². The number of ether oxygens (including phenoxy) is 1. The van der Waals surface area contributed by atoms with Crippen molar-refractivity contribution in [2.45, 2.75) is 50.4 Å². The molecule has 92 valence electrons. The molecule has 0 spiro atoms. The number of rotatable bonds is 1. The van der Waals surface area contributed by atoms with Crippen LogP contribution in [0.25, 0.3) is 0 Å². The lowest BCUT2D eigenvalue weighted by Crippen LogP contribution is -2.39. The van der Waals surface area contributed by atoms with Crippen molar-refractivity contribution in [1.82, 2.24) is 0 Å². The first-order valence-electron chi connectivity index (χ1n) is 6.22. The summed E-state index contributed by atoms with van der Waals surface area (Å²) in [5, 5.41) is 10.8. The summed E-state index contributed by atoms with van der Waals surface area (Å²) in [7, 11) is 0. The molecule has 2 unspecified atom stereocenters. The van der Waals surface area contributed by atoms with Crippen molar-refractivity contribution < 1.29 is 14.2 Å². The third kappa shape index (κ3) is 1.78. The van der Waals surface area contributed by atoms with Crippen LogP contribution in [0.3, 0.4) is 0 Å². The maximum absolute atomic E-state index is 14.0. The van der Waals surface area contributed by atoms with Crippen molar-refractivity contribution in [2.75, 3.05) is 0 Å². The Morgan fingerprint density at radius 3 is 2.53 bits per heavy atom. The van der Waals surface area contributed by atoms with Crippen LogP contribution in [0.5, 0.6) is 0 Å². The fourth-order valence-electron chi connectivity index (χ4n) is 3.34. The van der Waals surface area contributed by atoms with Gasteiger partial charge in [-0.05, 0) is 31.4 Å². The van der Waals surface area contributed by atoms with E-state index in [-0.39, 0.29) is 18.0 Å². The van der Waals surface area contributed by atoms with Gasteiger partial charge in [0.15, 0.2) is 0 Å². The summed E-state index contributed by atoms with van der Waals surface area (Å²) in [5.41, 5.74) is 0.258. The van der Waals surface area contributed by atoms with Gasteiger partial charge in [-0.1, -0.05) is 12.1 Å². The van der Waals surface area contributed by atoms with E-state index in [1.165, 1.54) is 6.07 Å². The molecule has 2 fully saturated rings. The van der Waals surface area contributed by atoms with Gasteiger partial charge in [-0.25, -0.2) is 4.39 Å². The summed E-state index contributed by atoms with van der Waals surface area (Å²) in [4.78, 5) is 0. The molecular formula is C14H17FO2. The van der Waals surface area contributed by atoms with Gasteiger partial charge in [0.2, 0.25) is 0 Å². The van der Waals surface area contributed by atoms with Gasteiger partial charge in [0.1, 0.15) is 5.82 Å². The molecule has 2 heterocycles. The highest BCUT2D eigenvalue weighted by molar-refractivity contribution is 5.33. The molecule has 2 saturated heterocycles. The van der Waals surface area contributed by atoms with Crippen LogP contribution in [0, 0.1) is 12.7 Å². The predicted molar refractivity (Wildman–Crippen MR) is 62.2 cm³/mol. The number of aliphatic hydroxyl groups is 1. The molecule has 1 aromatic carbocycles. The zero-order valence-electron chi connectivity index (χ0n) is 9.95. The molecular weight excluding hydrogens is 219 g/mol. The van der Waals surface area contributed by atoms with Gasteiger partial charge in [-0.3, -0.25) is 0 Å². The fourth-order valence-corrected chi connectivity index (χ4v) is 3.34. The maximum atomic E-state index is 14.0. The normalized spacial score (nSPS) is 36.2. The lowest BCUT2D eigenvalue weighted by molar-refractivity contribution is -0.117. The molecule has 3 rings (SSSR count). The highest BCUT2D eigenvalue weighted by Gasteiger charge is 2.46. The molecule has 2 bridgehead atoms. The summed E-state index contributed by atoms with van der Waals surface area (Å²) >= 11 is 0. The molecule has 1 N–H and O–H groups in total. The third-order valence-electron chi connectivity index (χ3n) is 4.01. The second-order valence-electron chi connectivity index (χ2n) is 5.33. The average molecular weight is 236 g/mol. The molecule has 0 saturated carbocycles. The molecule has 0 aromatic heterocycles. The second-order valence-corrected chi connectivity index (χ2v) is 5.33. The summed E-state index contributed by atoms with van der Waals surface area (Å²) in [6.07, 6.45) is 3.20. The highest BCUT2D eigenvalue weighted by Crippen LogP contribution is 2.45. The topological polar surface area (TPSA) is 29.5 Å². The van der Waals surface area contributed by atoms with Gasteiger partial charge in [-0.15, -0.1) is 0 Å². The van der Waals surface area contributed by atoms with E-state index in [1.54, 1.807) is 6.07 Å². The van der Waals surface area contributed by atoms with Gasteiger partial charge >= 0.3 is 0 Å².